The van der Waals surface area contributed by atoms with Crippen molar-refractivity contribution in [3.05, 3.63) is 55.5 Å². The van der Waals surface area contributed by atoms with Crippen molar-refractivity contribution >= 4 is 34.6 Å². The number of alkyl halides is 6. The van der Waals surface area contributed by atoms with Crippen LogP contribution in [0.4, 0.5) is 30.7 Å². The Hall–Kier alpha value is -2.85. The summed E-state index contributed by atoms with van der Waals surface area (Å²) in [7, 11) is 0. The van der Waals surface area contributed by atoms with Gasteiger partial charge in [-0.25, -0.2) is 4.39 Å². The number of hydrogen-bond acceptors (Lipinski definition) is 5. The average Bonchev–Trinajstić information content (AvgIpc) is 3.17. The number of rotatable bonds is 7. The quantitative estimate of drug-likeness (QED) is 0.208. The van der Waals surface area contributed by atoms with Crippen LogP contribution >= 0.6 is 22.9 Å². The van der Waals surface area contributed by atoms with E-state index in [-0.39, 0.29) is 46.0 Å². The molecule has 38 heavy (non-hydrogen) atoms. The molecule has 2 aromatic rings. The fourth-order valence-corrected chi connectivity index (χ4v) is 5.07. The van der Waals surface area contributed by atoms with E-state index >= 15 is 0 Å². The second kappa shape index (κ2) is 10.7. The number of benzene rings is 1. The predicted octanol–water partition coefficient (Wildman–Crippen LogP) is 7.51. The van der Waals surface area contributed by atoms with Crippen molar-refractivity contribution in [2.24, 2.45) is 11.1 Å². The first kappa shape index (κ1) is 29.7. The van der Waals surface area contributed by atoms with Gasteiger partial charge in [-0.3, -0.25) is 4.79 Å². The second-order valence-corrected chi connectivity index (χ2v) is 10.4. The Kier molecular flexibility index (Phi) is 8.38. The summed E-state index contributed by atoms with van der Waals surface area (Å²) in [5, 5.41) is 14.1. The fourth-order valence-electron chi connectivity index (χ4n) is 3.73. The lowest BCUT2D eigenvalue weighted by molar-refractivity contribution is -0.279. The van der Waals surface area contributed by atoms with Gasteiger partial charge in [0.2, 0.25) is 0 Å². The lowest BCUT2D eigenvalue weighted by Crippen LogP contribution is -2.43. The maximum Gasteiger partial charge on any atom is 0.435 e. The van der Waals surface area contributed by atoms with Gasteiger partial charge in [0.15, 0.2) is 0 Å². The van der Waals surface area contributed by atoms with Crippen molar-refractivity contribution in [1.29, 1.82) is 5.26 Å². The molecule has 3 rings (SSSR count). The molecule has 0 aliphatic heterocycles. The lowest BCUT2D eigenvalue weighted by atomic mass is 9.81. The van der Waals surface area contributed by atoms with Gasteiger partial charge in [0.1, 0.15) is 5.82 Å². The number of aryl methyl sites for hydroxylation is 1. The number of nitrogens with zero attached hydrogens (tertiary/aromatic N) is 2. The summed E-state index contributed by atoms with van der Waals surface area (Å²) in [6.45, 7) is 3.51. The number of hydrogen-bond donors (Lipinski definition) is 1. The highest BCUT2D eigenvalue weighted by Crippen LogP contribution is 2.46. The minimum Gasteiger partial charge on any atom is -0.374 e. The summed E-state index contributed by atoms with van der Waals surface area (Å²) >= 11 is 6.43. The molecule has 5 nitrogen and oxygen atoms in total. The average molecular weight is 584 g/mol. The zero-order chi connectivity index (χ0) is 28.6. The Morgan fingerprint density at radius 3 is 2.39 bits per heavy atom. The van der Waals surface area contributed by atoms with Gasteiger partial charge in [0.05, 0.1) is 38.0 Å². The second-order valence-electron chi connectivity index (χ2n) is 8.92. The molecule has 0 bridgehead atoms. The Morgan fingerprint density at radius 1 is 1.24 bits per heavy atom. The molecule has 1 fully saturated rings. The van der Waals surface area contributed by atoms with E-state index in [0.29, 0.717) is 25.3 Å². The molecule has 1 heterocycles. The largest absolute Gasteiger partial charge is 0.435 e. The topological polar surface area (TPSA) is 74.5 Å². The van der Waals surface area contributed by atoms with Gasteiger partial charge in [0, 0.05) is 11.6 Å². The number of carbonyl (C=O) groups is 1. The summed E-state index contributed by atoms with van der Waals surface area (Å²) < 4.78 is 96.7. The highest BCUT2D eigenvalue weighted by molar-refractivity contribution is 7.16. The van der Waals surface area contributed by atoms with Crippen molar-refractivity contribution in [3.8, 4) is 6.07 Å². The van der Waals surface area contributed by atoms with Crippen molar-refractivity contribution in [2.45, 2.75) is 64.0 Å². The third-order valence-electron chi connectivity index (χ3n) is 6.15. The first-order chi connectivity index (χ1) is 17.5. The number of oxime groups is 1. The standard InChI is InChI=1S/C24H21ClF7N3O2S/c1-4-17(18-5-11(2)20(38-18)21(36)34-14-6-12(7-14)10-33)35-37-22(3,24(30,31)32)15-8-13(23(27,28)29)9-16(25)19(15)26/h5,8-9,12,14H,4,6-7H2,1-3H3,(H,34,36)/b35-17+/t12-,14+,22-/m0/s1. The molecule has 0 spiro atoms. The lowest BCUT2D eigenvalue weighted by Gasteiger charge is -2.31. The van der Waals surface area contributed by atoms with Gasteiger partial charge in [-0.2, -0.15) is 31.6 Å². The van der Waals surface area contributed by atoms with E-state index in [4.69, 9.17) is 21.7 Å². The molecular weight excluding hydrogens is 563 g/mol. The van der Waals surface area contributed by atoms with Crippen LogP contribution in [0.2, 0.25) is 5.02 Å². The Balaban J connectivity index is 1.95. The molecule has 206 valence electrons. The normalized spacial score (nSPS) is 19.8. The Bertz CT molecular complexity index is 1290. The van der Waals surface area contributed by atoms with Gasteiger partial charge >= 0.3 is 12.4 Å². The number of thiophene rings is 1. The molecule has 14 heteroatoms. The summed E-state index contributed by atoms with van der Waals surface area (Å²) in [5.41, 5.74) is -6.23. The first-order valence-electron chi connectivity index (χ1n) is 11.2. The third-order valence-corrected chi connectivity index (χ3v) is 7.71. The van der Waals surface area contributed by atoms with E-state index in [1.165, 1.54) is 6.07 Å². The summed E-state index contributed by atoms with van der Waals surface area (Å²) in [6, 6.07) is 3.62. The van der Waals surface area contributed by atoms with E-state index in [0.717, 1.165) is 11.3 Å². The number of amides is 1. The molecule has 1 aliphatic carbocycles. The van der Waals surface area contributed by atoms with Crippen LogP contribution in [0.15, 0.2) is 23.4 Å². The Morgan fingerprint density at radius 2 is 1.87 bits per heavy atom. The number of halogens is 8. The number of nitrogens with one attached hydrogen (secondary N) is 1. The van der Waals surface area contributed by atoms with Crippen LogP contribution in [0, 0.1) is 30.0 Å². The van der Waals surface area contributed by atoms with Crippen molar-refractivity contribution in [3.63, 3.8) is 0 Å². The van der Waals surface area contributed by atoms with E-state index in [1.54, 1.807) is 13.8 Å². The Labute approximate surface area is 222 Å². The molecule has 1 N–H and O–H groups in total. The SMILES string of the molecule is CC/C(=N\O[C@@](C)(c1cc(C(F)(F)F)cc(Cl)c1F)C(F)(F)F)c1cc(C)c(C(=O)N[C@H]2C[C@@H](C#N)C2)s1. The molecule has 1 atom stereocenters. The minimum atomic E-state index is -5.40. The zero-order valence-electron chi connectivity index (χ0n) is 20.2. The molecule has 1 aromatic heterocycles. The fraction of sp³-hybridized carbons (Fsp3) is 0.458. The van der Waals surface area contributed by atoms with E-state index < -0.39 is 45.8 Å². The smallest absolute Gasteiger partial charge is 0.374 e. The third kappa shape index (κ3) is 5.91. The maximum atomic E-state index is 14.7. The minimum absolute atomic E-state index is 0.00904. The molecule has 0 unspecified atom stereocenters. The molecule has 1 aromatic carbocycles. The van der Waals surface area contributed by atoms with Gasteiger partial charge < -0.3 is 10.2 Å². The highest BCUT2D eigenvalue weighted by Gasteiger charge is 2.58. The van der Waals surface area contributed by atoms with E-state index in [9.17, 15) is 35.5 Å². The van der Waals surface area contributed by atoms with Gasteiger partial charge in [0.25, 0.3) is 11.5 Å². The van der Waals surface area contributed by atoms with Crippen LogP contribution in [-0.2, 0) is 16.6 Å². The molecular formula is C24H21ClF7N3O2S. The predicted molar refractivity (Wildman–Crippen MR) is 126 cm³/mol. The molecule has 0 saturated heterocycles. The monoisotopic (exact) mass is 583 g/mol. The van der Waals surface area contributed by atoms with E-state index in [1.807, 2.05) is 0 Å². The van der Waals surface area contributed by atoms with Crippen molar-refractivity contribution in [2.75, 3.05) is 0 Å². The van der Waals surface area contributed by atoms with Gasteiger partial charge in [-0.1, -0.05) is 23.7 Å². The summed E-state index contributed by atoms with van der Waals surface area (Å²) in [6.07, 6.45) is -9.45. The van der Waals surface area contributed by atoms with Crippen LogP contribution < -0.4 is 5.32 Å². The van der Waals surface area contributed by atoms with Gasteiger partial charge in [-0.05, 0) is 56.9 Å². The summed E-state index contributed by atoms with van der Waals surface area (Å²) in [5.74, 6) is -2.28. The summed E-state index contributed by atoms with van der Waals surface area (Å²) in [4.78, 5) is 18.0. The van der Waals surface area contributed by atoms with Crippen LogP contribution in [-0.4, -0.2) is 23.8 Å². The maximum absolute atomic E-state index is 14.7. The number of nitriles is 1. The molecule has 1 saturated carbocycles. The zero-order valence-corrected chi connectivity index (χ0v) is 21.7. The van der Waals surface area contributed by atoms with Gasteiger partial charge in [-0.15, -0.1) is 11.3 Å². The van der Waals surface area contributed by atoms with Crippen LogP contribution in [0.3, 0.4) is 0 Å². The first-order valence-corrected chi connectivity index (χ1v) is 12.4. The van der Waals surface area contributed by atoms with E-state index in [2.05, 4.69) is 16.5 Å². The molecule has 1 aliphatic rings. The van der Waals surface area contributed by atoms with Crippen LogP contribution in [0.5, 0.6) is 0 Å². The highest BCUT2D eigenvalue weighted by atomic mass is 35.5. The van der Waals surface area contributed by atoms with Crippen molar-refractivity contribution < 1.29 is 40.4 Å². The van der Waals surface area contributed by atoms with Crippen LogP contribution in [0.1, 0.15) is 64.3 Å². The van der Waals surface area contributed by atoms with Crippen molar-refractivity contribution in [1.82, 2.24) is 5.32 Å². The van der Waals surface area contributed by atoms with Crippen LogP contribution in [0.25, 0.3) is 0 Å². The molecule has 1 amide bonds. The number of carbonyl (C=O) groups excluding carboxylic acids is 1. The molecule has 0 radical (unpaired) electrons.